The van der Waals surface area contributed by atoms with Crippen molar-refractivity contribution in [3.8, 4) is 0 Å². The molecule has 0 unspecified atom stereocenters. The Bertz CT molecular complexity index is 681. The molecule has 0 amide bonds. The first-order valence-corrected chi connectivity index (χ1v) is 6.82. The fraction of sp³-hybridized carbons (Fsp3) is 0.100. The zero-order valence-corrected chi connectivity index (χ0v) is 11.0. The van der Waals surface area contributed by atoms with Crippen LogP contribution in [0.15, 0.2) is 35.4 Å². The summed E-state index contributed by atoms with van der Waals surface area (Å²) in [6.45, 7) is 0. The number of hydrogen-bond donors (Lipinski definition) is 2. The van der Waals surface area contributed by atoms with Gasteiger partial charge in [0.05, 0.1) is 11.2 Å². The SMILES string of the molecule is Cn1nccc1NS(=O)(=O)c1cc(N)ccc1Cl. The number of nitrogens with two attached hydrogens (primary N) is 1. The lowest BCUT2D eigenvalue weighted by atomic mass is 10.3. The fourth-order valence-corrected chi connectivity index (χ4v) is 3.02. The Morgan fingerprint density at radius 1 is 1.39 bits per heavy atom. The van der Waals surface area contributed by atoms with Gasteiger partial charge in [0.15, 0.2) is 0 Å². The maximum absolute atomic E-state index is 12.1. The minimum Gasteiger partial charge on any atom is -0.399 e. The number of aromatic nitrogens is 2. The van der Waals surface area contributed by atoms with Gasteiger partial charge in [0.25, 0.3) is 10.0 Å². The number of aryl methyl sites for hydroxylation is 1. The minimum atomic E-state index is -3.78. The van der Waals surface area contributed by atoms with Crippen molar-refractivity contribution in [1.82, 2.24) is 9.78 Å². The maximum Gasteiger partial charge on any atom is 0.264 e. The molecule has 2 aromatic rings. The van der Waals surface area contributed by atoms with Crippen LogP contribution in [0.5, 0.6) is 0 Å². The molecule has 0 aliphatic rings. The standard InChI is InChI=1S/C10H11ClN4O2S/c1-15-10(4-5-13-15)14-18(16,17)9-6-7(12)2-3-8(9)11/h2-6,14H,12H2,1H3. The van der Waals surface area contributed by atoms with Crippen LogP contribution in [0.3, 0.4) is 0 Å². The summed E-state index contributed by atoms with van der Waals surface area (Å²) in [6.07, 6.45) is 1.48. The fourth-order valence-electron chi connectivity index (χ4n) is 1.39. The molecule has 0 aliphatic carbocycles. The van der Waals surface area contributed by atoms with Crippen molar-refractivity contribution >= 4 is 33.1 Å². The molecule has 1 aromatic heterocycles. The van der Waals surface area contributed by atoms with E-state index >= 15 is 0 Å². The van der Waals surface area contributed by atoms with Gasteiger partial charge in [-0.15, -0.1) is 0 Å². The summed E-state index contributed by atoms with van der Waals surface area (Å²) < 4.78 is 28.0. The van der Waals surface area contributed by atoms with Crippen LogP contribution in [0.25, 0.3) is 0 Å². The number of benzene rings is 1. The zero-order valence-electron chi connectivity index (χ0n) is 9.46. The van der Waals surface area contributed by atoms with Gasteiger partial charge < -0.3 is 5.73 Å². The largest absolute Gasteiger partial charge is 0.399 e. The van der Waals surface area contributed by atoms with Gasteiger partial charge in [0.2, 0.25) is 0 Å². The van der Waals surface area contributed by atoms with Gasteiger partial charge in [0.1, 0.15) is 10.7 Å². The molecule has 0 saturated heterocycles. The maximum atomic E-state index is 12.1. The summed E-state index contributed by atoms with van der Waals surface area (Å²) in [6, 6.07) is 5.82. The Morgan fingerprint density at radius 3 is 2.72 bits per heavy atom. The Labute approximate surface area is 109 Å². The third kappa shape index (κ3) is 2.41. The average Bonchev–Trinajstić information content (AvgIpc) is 2.67. The molecule has 18 heavy (non-hydrogen) atoms. The molecule has 2 rings (SSSR count). The first-order valence-electron chi connectivity index (χ1n) is 4.96. The van der Waals surface area contributed by atoms with Gasteiger partial charge >= 0.3 is 0 Å². The average molecular weight is 287 g/mol. The Balaban J connectivity index is 2.43. The van der Waals surface area contributed by atoms with Crippen molar-refractivity contribution in [3.63, 3.8) is 0 Å². The molecule has 1 aromatic carbocycles. The molecule has 0 radical (unpaired) electrons. The Kier molecular flexibility index (Phi) is 3.18. The first kappa shape index (κ1) is 12.7. The molecule has 0 atom stereocenters. The van der Waals surface area contributed by atoms with Crippen molar-refractivity contribution in [3.05, 3.63) is 35.5 Å². The number of nitrogens with zero attached hydrogens (tertiary/aromatic N) is 2. The summed E-state index contributed by atoms with van der Waals surface area (Å²) >= 11 is 5.86. The molecule has 96 valence electrons. The topological polar surface area (TPSA) is 90.0 Å². The zero-order chi connectivity index (χ0) is 13.3. The van der Waals surface area contributed by atoms with E-state index in [1.165, 1.54) is 35.1 Å². The van der Waals surface area contributed by atoms with E-state index < -0.39 is 10.0 Å². The van der Waals surface area contributed by atoms with Crippen LogP contribution in [0.4, 0.5) is 11.5 Å². The van der Waals surface area contributed by atoms with Crippen molar-refractivity contribution in [2.45, 2.75) is 4.90 Å². The van der Waals surface area contributed by atoms with Gasteiger partial charge in [-0.3, -0.25) is 9.40 Å². The summed E-state index contributed by atoms with van der Waals surface area (Å²) in [7, 11) is -2.16. The predicted octanol–water partition coefficient (Wildman–Crippen LogP) is 1.46. The number of nitrogens with one attached hydrogen (secondary N) is 1. The van der Waals surface area contributed by atoms with Crippen molar-refractivity contribution in [2.75, 3.05) is 10.5 Å². The highest BCUT2D eigenvalue weighted by Gasteiger charge is 2.19. The van der Waals surface area contributed by atoms with Crippen molar-refractivity contribution < 1.29 is 8.42 Å². The van der Waals surface area contributed by atoms with Crippen LogP contribution in [-0.4, -0.2) is 18.2 Å². The molecule has 0 bridgehead atoms. The highest BCUT2D eigenvalue weighted by atomic mass is 35.5. The van der Waals surface area contributed by atoms with Gasteiger partial charge in [0, 0.05) is 18.8 Å². The number of halogens is 1. The Morgan fingerprint density at radius 2 is 2.11 bits per heavy atom. The van der Waals surface area contributed by atoms with E-state index in [4.69, 9.17) is 17.3 Å². The molecule has 1 heterocycles. The number of hydrogen-bond acceptors (Lipinski definition) is 4. The third-order valence-electron chi connectivity index (χ3n) is 2.30. The van der Waals surface area contributed by atoms with E-state index in [1.54, 1.807) is 7.05 Å². The lowest BCUT2D eigenvalue weighted by Gasteiger charge is -2.09. The van der Waals surface area contributed by atoms with Gasteiger partial charge in [-0.25, -0.2) is 8.42 Å². The summed E-state index contributed by atoms with van der Waals surface area (Å²) in [4.78, 5) is -0.0645. The predicted molar refractivity (Wildman–Crippen MR) is 69.9 cm³/mol. The summed E-state index contributed by atoms with van der Waals surface area (Å²) in [5, 5.41) is 3.98. The van der Waals surface area contributed by atoms with Crippen LogP contribution < -0.4 is 10.5 Å². The second-order valence-corrected chi connectivity index (χ2v) is 5.69. The molecule has 0 aliphatic heterocycles. The molecule has 3 N–H and O–H groups in total. The number of rotatable bonds is 3. The second kappa shape index (κ2) is 4.51. The van der Waals surface area contributed by atoms with Crippen LogP contribution in [0.2, 0.25) is 5.02 Å². The normalized spacial score (nSPS) is 11.4. The summed E-state index contributed by atoms with van der Waals surface area (Å²) in [5.74, 6) is 0.341. The van der Waals surface area contributed by atoms with Crippen LogP contribution in [0.1, 0.15) is 0 Å². The minimum absolute atomic E-state index is 0.0645. The van der Waals surface area contributed by atoms with E-state index in [2.05, 4.69) is 9.82 Å². The quantitative estimate of drug-likeness (QED) is 0.836. The Hall–Kier alpha value is -1.73. The van der Waals surface area contributed by atoms with E-state index in [1.807, 2.05) is 0 Å². The van der Waals surface area contributed by atoms with Crippen LogP contribution in [0, 0.1) is 0 Å². The number of nitrogen functional groups attached to an aromatic ring is 1. The van der Waals surface area contributed by atoms with E-state index in [0.29, 0.717) is 11.5 Å². The lowest BCUT2D eigenvalue weighted by molar-refractivity contribution is 0.600. The van der Waals surface area contributed by atoms with E-state index in [9.17, 15) is 8.42 Å². The van der Waals surface area contributed by atoms with Crippen LogP contribution >= 0.6 is 11.6 Å². The van der Waals surface area contributed by atoms with Gasteiger partial charge in [-0.2, -0.15) is 5.10 Å². The number of anilines is 2. The molecular weight excluding hydrogens is 276 g/mol. The highest BCUT2D eigenvalue weighted by Crippen LogP contribution is 2.25. The molecule has 6 nitrogen and oxygen atoms in total. The molecule has 0 spiro atoms. The van der Waals surface area contributed by atoms with Gasteiger partial charge in [-0.05, 0) is 18.2 Å². The van der Waals surface area contributed by atoms with Crippen molar-refractivity contribution in [2.24, 2.45) is 7.05 Å². The van der Waals surface area contributed by atoms with Crippen LogP contribution in [-0.2, 0) is 17.1 Å². The monoisotopic (exact) mass is 286 g/mol. The lowest BCUT2D eigenvalue weighted by Crippen LogP contribution is -2.16. The molecular formula is C10H11ClN4O2S. The van der Waals surface area contributed by atoms with E-state index in [0.717, 1.165) is 0 Å². The van der Waals surface area contributed by atoms with E-state index in [-0.39, 0.29) is 9.92 Å². The molecule has 8 heteroatoms. The highest BCUT2D eigenvalue weighted by molar-refractivity contribution is 7.92. The smallest absolute Gasteiger partial charge is 0.264 e. The van der Waals surface area contributed by atoms with Gasteiger partial charge in [-0.1, -0.05) is 11.6 Å². The second-order valence-electron chi connectivity index (χ2n) is 3.64. The number of sulfonamides is 1. The molecule has 0 saturated carbocycles. The first-order chi connectivity index (χ1) is 8.40. The van der Waals surface area contributed by atoms with Crippen molar-refractivity contribution in [1.29, 1.82) is 0 Å². The molecule has 0 fully saturated rings. The summed E-state index contributed by atoms with van der Waals surface area (Å²) in [5.41, 5.74) is 5.88. The third-order valence-corrected chi connectivity index (χ3v) is 4.14.